The summed E-state index contributed by atoms with van der Waals surface area (Å²) in [7, 11) is 0. The van der Waals surface area contributed by atoms with Crippen molar-refractivity contribution in [1.82, 2.24) is 10.2 Å². The van der Waals surface area contributed by atoms with Crippen LogP contribution in [0.2, 0.25) is 0 Å². The molecule has 0 aromatic carbocycles. The minimum Gasteiger partial charge on any atom is -0.368 e. The number of amides is 1. The van der Waals surface area contributed by atoms with Gasteiger partial charge in [-0.05, 0) is 45.6 Å². The minimum atomic E-state index is -0.637. The Morgan fingerprint density at radius 3 is 2.56 bits per heavy atom. The quantitative estimate of drug-likeness (QED) is 0.779. The van der Waals surface area contributed by atoms with Crippen molar-refractivity contribution in [3.8, 4) is 0 Å². The fourth-order valence-electron chi connectivity index (χ4n) is 2.96. The molecule has 0 spiro atoms. The van der Waals surface area contributed by atoms with E-state index in [1.165, 1.54) is 12.8 Å². The molecule has 1 heterocycles. The largest absolute Gasteiger partial charge is 0.368 e. The number of primary amides is 1. The number of carbonyl (C=O) groups excluding carboxylic acids is 1. The van der Waals surface area contributed by atoms with E-state index in [1.54, 1.807) is 0 Å². The number of likely N-dealkylation sites (tertiary alicyclic amines) is 1. The number of carbonyl (C=O) groups is 1. The Kier molecular flexibility index (Phi) is 4.78. The molecule has 1 aliphatic rings. The maximum atomic E-state index is 11.7. The normalized spacial score (nSPS) is 23.9. The lowest BCUT2D eigenvalue weighted by atomic mass is 9.83. The van der Waals surface area contributed by atoms with Crippen LogP contribution < -0.4 is 11.1 Å². The summed E-state index contributed by atoms with van der Waals surface area (Å²) in [4.78, 5) is 14.1. The number of hydrogen-bond acceptors (Lipinski definition) is 3. The van der Waals surface area contributed by atoms with Crippen LogP contribution in [-0.4, -0.2) is 42.0 Å². The van der Waals surface area contributed by atoms with Gasteiger partial charge >= 0.3 is 0 Å². The molecule has 1 atom stereocenters. The molecule has 0 aliphatic carbocycles. The highest BCUT2D eigenvalue weighted by Gasteiger charge is 2.36. The molecule has 18 heavy (non-hydrogen) atoms. The topological polar surface area (TPSA) is 58.4 Å². The van der Waals surface area contributed by atoms with Crippen LogP contribution in [0.3, 0.4) is 0 Å². The van der Waals surface area contributed by atoms with Gasteiger partial charge in [0.2, 0.25) is 5.91 Å². The first-order chi connectivity index (χ1) is 8.15. The van der Waals surface area contributed by atoms with Gasteiger partial charge in [-0.2, -0.15) is 0 Å². The van der Waals surface area contributed by atoms with Crippen molar-refractivity contribution < 1.29 is 4.79 Å². The van der Waals surface area contributed by atoms with Gasteiger partial charge in [-0.1, -0.05) is 13.8 Å². The first kappa shape index (κ1) is 15.4. The van der Waals surface area contributed by atoms with Crippen LogP contribution in [0, 0.1) is 5.41 Å². The monoisotopic (exact) mass is 255 g/mol. The summed E-state index contributed by atoms with van der Waals surface area (Å²) in [6, 6.07) is 0.250. The van der Waals surface area contributed by atoms with Crippen LogP contribution >= 0.6 is 0 Å². The minimum absolute atomic E-state index is 0.250. The summed E-state index contributed by atoms with van der Waals surface area (Å²) >= 11 is 0. The van der Waals surface area contributed by atoms with Crippen molar-refractivity contribution in [2.45, 2.75) is 59.0 Å². The van der Waals surface area contributed by atoms with Crippen molar-refractivity contribution in [3.63, 3.8) is 0 Å². The van der Waals surface area contributed by atoms with E-state index in [4.69, 9.17) is 5.73 Å². The second-order valence-corrected chi connectivity index (χ2v) is 6.97. The molecule has 0 aromatic heterocycles. The molecule has 0 bridgehead atoms. The molecule has 1 saturated heterocycles. The Hall–Kier alpha value is -0.610. The summed E-state index contributed by atoms with van der Waals surface area (Å²) in [5, 5.41) is 3.31. The lowest BCUT2D eigenvalue weighted by molar-refractivity contribution is -0.125. The van der Waals surface area contributed by atoms with Gasteiger partial charge in [0.25, 0.3) is 0 Å². The molecule has 4 nitrogen and oxygen atoms in total. The molecule has 4 heteroatoms. The van der Waals surface area contributed by atoms with Crippen LogP contribution in [0.1, 0.15) is 47.5 Å². The SMILES string of the molecule is CC(C)NC(C)(CN1CCCC(C)(C)C1)C(N)=O. The standard InChI is InChI=1S/C14H29N3O/c1-11(2)16-14(5,12(15)18)10-17-8-6-7-13(3,4)9-17/h11,16H,6-10H2,1-5H3,(H2,15,18). The van der Waals surface area contributed by atoms with E-state index in [1.807, 2.05) is 20.8 Å². The van der Waals surface area contributed by atoms with Gasteiger partial charge in [0.05, 0.1) is 0 Å². The van der Waals surface area contributed by atoms with Gasteiger partial charge in [-0.3, -0.25) is 4.79 Å². The average Bonchev–Trinajstić information content (AvgIpc) is 2.13. The van der Waals surface area contributed by atoms with Crippen molar-refractivity contribution in [2.24, 2.45) is 11.1 Å². The Balaban J connectivity index is 2.69. The summed E-state index contributed by atoms with van der Waals surface area (Å²) in [6.07, 6.45) is 2.46. The Morgan fingerprint density at radius 2 is 2.11 bits per heavy atom. The number of nitrogens with zero attached hydrogens (tertiary/aromatic N) is 1. The first-order valence-electron chi connectivity index (χ1n) is 6.95. The molecule has 0 saturated carbocycles. The average molecular weight is 255 g/mol. The molecule has 0 radical (unpaired) electrons. The van der Waals surface area contributed by atoms with Crippen LogP contribution in [-0.2, 0) is 4.79 Å². The predicted octanol–water partition coefficient (Wildman–Crippen LogP) is 1.35. The second-order valence-electron chi connectivity index (χ2n) is 6.97. The van der Waals surface area contributed by atoms with Crippen LogP contribution in [0.4, 0.5) is 0 Å². The van der Waals surface area contributed by atoms with Crippen molar-refractivity contribution in [3.05, 3.63) is 0 Å². The molecule has 3 N–H and O–H groups in total. The smallest absolute Gasteiger partial charge is 0.238 e. The highest BCUT2D eigenvalue weighted by Crippen LogP contribution is 2.29. The van der Waals surface area contributed by atoms with Crippen molar-refractivity contribution in [2.75, 3.05) is 19.6 Å². The van der Waals surface area contributed by atoms with E-state index in [0.717, 1.165) is 13.1 Å². The maximum Gasteiger partial charge on any atom is 0.238 e. The zero-order chi connectivity index (χ0) is 14.0. The van der Waals surface area contributed by atoms with E-state index >= 15 is 0 Å². The highest BCUT2D eigenvalue weighted by molar-refractivity contribution is 5.84. The van der Waals surface area contributed by atoms with Gasteiger partial charge in [0, 0.05) is 19.1 Å². The van der Waals surface area contributed by atoms with Gasteiger partial charge in [-0.25, -0.2) is 0 Å². The summed E-state index contributed by atoms with van der Waals surface area (Å²) in [5.41, 5.74) is 5.28. The zero-order valence-corrected chi connectivity index (χ0v) is 12.5. The molecule has 1 fully saturated rings. The number of nitrogens with one attached hydrogen (secondary N) is 1. The molecule has 1 rings (SSSR count). The van der Waals surface area contributed by atoms with Gasteiger partial charge in [-0.15, -0.1) is 0 Å². The third kappa shape index (κ3) is 4.25. The van der Waals surface area contributed by atoms with Crippen molar-refractivity contribution >= 4 is 5.91 Å². The molecule has 1 aliphatic heterocycles. The fourth-order valence-corrected chi connectivity index (χ4v) is 2.96. The molecule has 106 valence electrons. The van der Waals surface area contributed by atoms with E-state index in [-0.39, 0.29) is 11.9 Å². The second kappa shape index (κ2) is 5.57. The Morgan fingerprint density at radius 1 is 1.50 bits per heavy atom. The first-order valence-corrected chi connectivity index (χ1v) is 6.95. The van der Waals surface area contributed by atoms with Gasteiger partial charge in [0.1, 0.15) is 5.54 Å². The van der Waals surface area contributed by atoms with E-state index in [9.17, 15) is 4.79 Å². The highest BCUT2D eigenvalue weighted by atomic mass is 16.1. The van der Waals surface area contributed by atoms with Crippen LogP contribution in [0.15, 0.2) is 0 Å². The van der Waals surface area contributed by atoms with Crippen LogP contribution in [0.5, 0.6) is 0 Å². The maximum absolute atomic E-state index is 11.7. The molecule has 1 unspecified atom stereocenters. The van der Waals surface area contributed by atoms with Crippen molar-refractivity contribution in [1.29, 1.82) is 0 Å². The van der Waals surface area contributed by atoms with E-state index in [2.05, 4.69) is 24.1 Å². The Bertz CT molecular complexity index is 301. The molecule has 0 aromatic rings. The Labute approximate surface area is 111 Å². The predicted molar refractivity (Wildman–Crippen MR) is 75.3 cm³/mol. The molecular formula is C14H29N3O. The summed E-state index contributed by atoms with van der Waals surface area (Å²) in [6.45, 7) is 13.4. The molecule has 1 amide bonds. The summed E-state index contributed by atoms with van der Waals surface area (Å²) in [5.74, 6) is -0.264. The summed E-state index contributed by atoms with van der Waals surface area (Å²) < 4.78 is 0. The van der Waals surface area contributed by atoms with Gasteiger partial charge in [0.15, 0.2) is 0 Å². The zero-order valence-electron chi connectivity index (χ0n) is 12.5. The number of hydrogen-bond donors (Lipinski definition) is 2. The molecular weight excluding hydrogens is 226 g/mol. The number of piperidine rings is 1. The lowest BCUT2D eigenvalue weighted by Crippen LogP contribution is -2.62. The van der Waals surface area contributed by atoms with Gasteiger partial charge < -0.3 is 16.0 Å². The van der Waals surface area contributed by atoms with E-state index < -0.39 is 5.54 Å². The number of rotatable bonds is 5. The lowest BCUT2D eigenvalue weighted by Gasteiger charge is -2.42. The third-order valence-corrected chi connectivity index (χ3v) is 3.67. The van der Waals surface area contributed by atoms with Crippen LogP contribution in [0.25, 0.3) is 0 Å². The number of nitrogens with two attached hydrogens (primary N) is 1. The van der Waals surface area contributed by atoms with E-state index in [0.29, 0.717) is 12.0 Å². The third-order valence-electron chi connectivity index (χ3n) is 3.67. The fraction of sp³-hybridized carbons (Fsp3) is 0.929.